The van der Waals surface area contributed by atoms with Crippen LogP contribution in [-0.4, -0.2) is 20.0 Å². The van der Waals surface area contributed by atoms with Crippen molar-refractivity contribution in [2.75, 3.05) is 5.75 Å². The monoisotopic (exact) mass is 366 g/mol. The van der Waals surface area contributed by atoms with Gasteiger partial charge < -0.3 is 0 Å². The summed E-state index contributed by atoms with van der Waals surface area (Å²) in [6.45, 7) is 3.78. The fourth-order valence-electron chi connectivity index (χ4n) is 3.08. The molecule has 0 saturated heterocycles. The van der Waals surface area contributed by atoms with E-state index in [9.17, 15) is 13.2 Å². The van der Waals surface area contributed by atoms with Crippen molar-refractivity contribution in [2.45, 2.75) is 18.7 Å². The smallest absolute Gasteiger partial charge is 0.179 e. The second-order valence-corrected chi connectivity index (χ2v) is 8.91. The highest BCUT2D eigenvalue weighted by atomic mass is 32.2. The minimum absolute atomic E-state index is 0.0714. The van der Waals surface area contributed by atoms with Crippen molar-refractivity contribution < 1.29 is 13.2 Å². The van der Waals surface area contributed by atoms with Gasteiger partial charge in [0.25, 0.3) is 0 Å². The van der Waals surface area contributed by atoms with Crippen molar-refractivity contribution in [1.29, 1.82) is 0 Å². The third-order valence-electron chi connectivity index (χ3n) is 4.68. The number of rotatable bonds is 6. The number of hydrogen-bond donors (Lipinski definition) is 0. The summed E-state index contributed by atoms with van der Waals surface area (Å²) in [5, 5.41) is 1.87. The zero-order valence-electron chi connectivity index (χ0n) is 14.9. The standard InChI is InChI=1S/C22H22O3S/c1-16(2)21(22(23)18-9-4-3-5-10-18)15-26(24,25)20-13-12-17-8-6-7-11-19(17)14-20/h3-14,16,21H,15H2,1-2H3. The molecule has 4 heteroatoms. The molecule has 3 nitrogen and oxygen atoms in total. The molecule has 26 heavy (non-hydrogen) atoms. The molecule has 0 heterocycles. The van der Waals surface area contributed by atoms with Gasteiger partial charge in [0.05, 0.1) is 10.6 Å². The number of carbonyl (C=O) groups is 1. The quantitative estimate of drug-likeness (QED) is 0.591. The van der Waals surface area contributed by atoms with E-state index >= 15 is 0 Å². The Bertz CT molecular complexity index is 1020. The SMILES string of the molecule is CC(C)C(CS(=O)(=O)c1ccc2ccccc2c1)C(=O)c1ccccc1. The normalized spacial score (nSPS) is 13.0. The largest absolute Gasteiger partial charge is 0.294 e. The van der Waals surface area contributed by atoms with Gasteiger partial charge in [-0.2, -0.15) is 0 Å². The van der Waals surface area contributed by atoms with E-state index in [0.29, 0.717) is 5.56 Å². The minimum Gasteiger partial charge on any atom is -0.294 e. The van der Waals surface area contributed by atoms with Gasteiger partial charge in [-0.3, -0.25) is 4.79 Å². The van der Waals surface area contributed by atoms with Crippen molar-refractivity contribution in [3.05, 3.63) is 78.4 Å². The molecule has 0 aliphatic rings. The van der Waals surface area contributed by atoms with Gasteiger partial charge in [-0.05, 0) is 28.8 Å². The van der Waals surface area contributed by atoms with Crippen LogP contribution in [0.3, 0.4) is 0 Å². The first-order valence-corrected chi connectivity index (χ1v) is 10.3. The van der Waals surface area contributed by atoms with Gasteiger partial charge in [-0.15, -0.1) is 0 Å². The first-order chi connectivity index (χ1) is 12.4. The van der Waals surface area contributed by atoms with E-state index < -0.39 is 15.8 Å². The van der Waals surface area contributed by atoms with Crippen LogP contribution >= 0.6 is 0 Å². The van der Waals surface area contributed by atoms with Crippen LogP contribution in [0.25, 0.3) is 10.8 Å². The molecule has 0 amide bonds. The molecule has 3 aromatic rings. The van der Waals surface area contributed by atoms with Gasteiger partial charge in [0.1, 0.15) is 0 Å². The zero-order chi connectivity index (χ0) is 18.7. The topological polar surface area (TPSA) is 51.2 Å². The highest BCUT2D eigenvalue weighted by Crippen LogP contribution is 2.25. The van der Waals surface area contributed by atoms with E-state index in [0.717, 1.165) is 10.8 Å². The van der Waals surface area contributed by atoms with Crippen LogP contribution in [0.5, 0.6) is 0 Å². The maximum Gasteiger partial charge on any atom is 0.179 e. The molecule has 134 valence electrons. The molecule has 0 aromatic heterocycles. The molecule has 0 aliphatic heterocycles. The van der Waals surface area contributed by atoms with Gasteiger partial charge in [0, 0.05) is 11.5 Å². The third kappa shape index (κ3) is 3.86. The fraction of sp³-hybridized carbons (Fsp3) is 0.227. The number of sulfone groups is 1. The molecule has 1 unspecified atom stereocenters. The Labute approximate surface area is 154 Å². The van der Waals surface area contributed by atoms with Crippen LogP contribution in [0.1, 0.15) is 24.2 Å². The van der Waals surface area contributed by atoms with E-state index in [1.165, 1.54) is 0 Å². The Morgan fingerprint density at radius 2 is 1.46 bits per heavy atom. The molecule has 3 aromatic carbocycles. The molecule has 1 atom stereocenters. The average Bonchev–Trinajstić information content (AvgIpc) is 2.65. The van der Waals surface area contributed by atoms with Crippen molar-refractivity contribution in [2.24, 2.45) is 11.8 Å². The van der Waals surface area contributed by atoms with Crippen LogP contribution < -0.4 is 0 Å². The maximum atomic E-state index is 13.0. The molecule has 0 fully saturated rings. The number of carbonyl (C=O) groups excluding carboxylic acids is 1. The maximum absolute atomic E-state index is 13.0. The summed E-state index contributed by atoms with van der Waals surface area (Å²) in [4.78, 5) is 13.1. The molecule has 0 bridgehead atoms. The predicted octanol–water partition coefficient (Wildman–Crippen LogP) is 4.77. The second kappa shape index (κ2) is 7.42. The highest BCUT2D eigenvalue weighted by molar-refractivity contribution is 7.91. The van der Waals surface area contributed by atoms with Gasteiger partial charge in [0.2, 0.25) is 0 Å². The number of fused-ring (bicyclic) bond motifs is 1. The third-order valence-corrected chi connectivity index (χ3v) is 6.45. The lowest BCUT2D eigenvalue weighted by Crippen LogP contribution is -2.28. The van der Waals surface area contributed by atoms with Crippen LogP contribution in [0, 0.1) is 11.8 Å². The lowest BCUT2D eigenvalue weighted by Gasteiger charge is -2.20. The van der Waals surface area contributed by atoms with Crippen LogP contribution in [0.2, 0.25) is 0 Å². The van der Waals surface area contributed by atoms with E-state index in [-0.39, 0.29) is 22.3 Å². The van der Waals surface area contributed by atoms with Gasteiger partial charge in [0.15, 0.2) is 15.6 Å². The van der Waals surface area contributed by atoms with Crippen molar-refractivity contribution in [3.63, 3.8) is 0 Å². The zero-order valence-corrected chi connectivity index (χ0v) is 15.7. The molecular weight excluding hydrogens is 344 g/mol. The Balaban J connectivity index is 1.93. The Kier molecular flexibility index (Phi) is 5.23. The number of benzene rings is 3. The average molecular weight is 366 g/mol. The molecule has 3 rings (SSSR count). The Morgan fingerprint density at radius 3 is 2.12 bits per heavy atom. The van der Waals surface area contributed by atoms with Crippen molar-refractivity contribution >= 4 is 26.4 Å². The molecular formula is C22H22O3S. The van der Waals surface area contributed by atoms with Crippen LogP contribution in [0.15, 0.2) is 77.7 Å². The first kappa shape index (κ1) is 18.3. The minimum atomic E-state index is -3.57. The highest BCUT2D eigenvalue weighted by Gasteiger charge is 2.30. The summed E-state index contributed by atoms with van der Waals surface area (Å²) >= 11 is 0. The van der Waals surface area contributed by atoms with Gasteiger partial charge >= 0.3 is 0 Å². The first-order valence-electron chi connectivity index (χ1n) is 8.69. The lowest BCUT2D eigenvalue weighted by atomic mass is 9.89. The second-order valence-electron chi connectivity index (χ2n) is 6.87. The predicted molar refractivity (Wildman–Crippen MR) is 105 cm³/mol. The number of hydrogen-bond acceptors (Lipinski definition) is 3. The summed E-state index contributed by atoms with van der Waals surface area (Å²) in [5.41, 5.74) is 0.555. The van der Waals surface area contributed by atoms with Crippen LogP contribution in [0.4, 0.5) is 0 Å². The van der Waals surface area contributed by atoms with Crippen LogP contribution in [-0.2, 0) is 9.84 Å². The fourth-order valence-corrected chi connectivity index (χ4v) is 4.86. The molecule has 0 aliphatic carbocycles. The van der Waals surface area contributed by atoms with Crippen molar-refractivity contribution in [3.8, 4) is 0 Å². The molecule has 0 N–H and O–H groups in total. The Morgan fingerprint density at radius 1 is 0.846 bits per heavy atom. The summed E-state index contributed by atoms with van der Waals surface area (Å²) < 4.78 is 25.9. The lowest BCUT2D eigenvalue weighted by molar-refractivity contribution is 0.0901. The summed E-state index contributed by atoms with van der Waals surface area (Å²) in [6.07, 6.45) is 0. The van der Waals surface area contributed by atoms with Gasteiger partial charge in [-0.25, -0.2) is 8.42 Å². The van der Waals surface area contributed by atoms with Gasteiger partial charge in [-0.1, -0.05) is 74.5 Å². The number of Topliss-reactive ketones (excluding diaryl/α,β-unsaturated/α-hetero) is 1. The summed E-state index contributed by atoms with van der Waals surface area (Å²) in [6, 6.07) is 21.7. The van der Waals surface area contributed by atoms with E-state index in [1.54, 1.807) is 36.4 Å². The Hall–Kier alpha value is -2.46. The summed E-state index contributed by atoms with van der Waals surface area (Å²) in [5.74, 6) is -0.951. The van der Waals surface area contributed by atoms with Crippen molar-refractivity contribution in [1.82, 2.24) is 0 Å². The number of ketones is 1. The van der Waals surface area contributed by atoms with E-state index in [2.05, 4.69) is 0 Å². The molecule has 0 spiro atoms. The molecule has 0 saturated carbocycles. The molecule has 0 radical (unpaired) electrons. The van der Waals surface area contributed by atoms with E-state index in [4.69, 9.17) is 0 Å². The summed E-state index contributed by atoms with van der Waals surface area (Å²) in [7, 11) is -3.57. The van der Waals surface area contributed by atoms with E-state index in [1.807, 2.05) is 50.2 Å².